The molecule has 4 heteroatoms. The van der Waals surface area contributed by atoms with Crippen molar-refractivity contribution in [1.29, 1.82) is 0 Å². The molecule has 0 spiro atoms. The lowest BCUT2D eigenvalue weighted by Crippen LogP contribution is -2.37. The third-order valence-electron chi connectivity index (χ3n) is 2.87. The van der Waals surface area contributed by atoms with Crippen LogP contribution < -0.4 is 5.32 Å². The van der Waals surface area contributed by atoms with Crippen LogP contribution in [0, 0.1) is 13.8 Å². The van der Waals surface area contributed by atoms with Crippen molar-refractivity contribution in [2.45, 2.75) is 39.8 Å². The first-order chi connectivity index (χ1) is 7.54. The maximum atomic E-state index is 4.43. The molecule has 0 amide bonds. The van der Waals surface area contributed by atoms with E-state index in [-0.39, 0.29) is 0 Å². The summed E-state index contributed by atoms with van der Waals surface area (Å²) in [6, 6.07) is 0.620. The van der Waals surface area contributed by atoms with Crippen molar-refractivity contribution in [3.05, 3.63) is 15.6 Å². The van der Waals surface area contributed by atoms with Gasteiger partial charge in [-0.05, 0) is 34.4 Å². The summed E-state index contributed by atoms with van der Waals surface area (Å²) in [6.07, 6.45) is 1.18. The molecule has 0 fully saturated rings. The summed E-state index contributed by atoms with van der Waals surface area (Å²) >= 11 is 1.79. The average Bonchev–Trinajstić information content (AvgIpc) is 2.52. The maximum Gasteiger partial charge on any atom is 0.0900 e. The van der Waals surface area contributed by atoms with Gasteiger partial charge in [-0.25, -0.2) is 4.98 Å². The van der Waals surface area contributed by atoms with Gasteiger partial charge in [-0.3, -0.25) is 0 Å². The van der Waals surface area contributed by atoms with Gasteiger partial charge in [0.1, 0.15) is 0 Å². The van der Waals surface area contributed by atoms with Gasteiger partial charge in [0, 0.05) is 24.0 Å². The zero-order chi connectivity index (χ0) is 12.1. The lowest BCUT2D eigenvalue weighted by molar-refractivity contribution is 0.276. The van der Waals surface area contributed by atoms with Crippen LogP contribution in [0.25, 0.3) is 0 Å². The van der Waals surface area contributed by atoms with Crippen molar-refractivity contribution in [2.24, 2.45) is 0 Å². The molecule has 0 saturated carbocycles. The van der Waals surface area contributed by atoms with Gasteiger partial charge in [-0.15, -0.1) is 11.3 Å². The first-order valence-corrected chi connectivity index (χ1v) is 6.66. The van der Waals surface area contributed by atoms with Gasteiger partial charge in [0.2, 0.25) is 0 Å². The normalized spacial score (nSPS) is 13.4. The SMILES string of the molecule is CCC(CNCc1sc(C)nc1C)N(C)C. The van der Waals surface area contributed by atoms with Crippen LogP contribution in [-0.2, 0) is 6.54 Å². The van der Waals surface area contributed by atoms with E-state index in [0.29, 0.717) is 6.04 Å². The topological polar surface area (TPSA) is 28.2 Å². The molecule has 1 N–H and O–H groups in total. The molecule has 0 aromatic carbocycles. The fraction of sp³-hybridized carbons (Fsp3) is 0.750. The monoisotopic (exact) mass is 241 g/mol. The van der Waals surface area contributed by atoms with Crippen molar-refractivity contribution in [3.8, 4) is 0 Å². The van der Waals surface area contributed by atoms with Crippen LogP contribution in [0.1, 0.15) is 28.9 Å². The van der Waals surface area contributed by atoms with Gasteiger partial charge in [-0.2, -0.15) is 0 Å². The summed E-state index contributed by atoms with van der Waals surface area (Å²) in [7, 11) is 4.27. The molecule has 3 nitrogen and oxygen atoms in total. The Kier molecular flexibility index (Phi) is 5.38. The Morgan fingerprint density at radius 2 is 2.06 bits per heavy atom. The van der Waals surface area contributed by atoms with Crippen LogP contribution in [0.3, 0.4) is 0 Å². The molecule has 0 aliphatic heterocycles. The highest BCUT2D eigenvalue weighted by molar-refractivity contribution is 7.11. The van der Waals surface area contributed by atoms with E-state index in [4.69, 9.17) is 0 Å². The number of nitrogens with zero attached hydrogens (tertiary/aromatic N) is 2. The van der Waals surface area contributed by atoms with Crippen molar-refractivity contribution < 1.29 is 0 Å². The number of aryl methyl sites for hydroxylation is 2. The van der Waals surface area contributed by atoms with Crippen molar-refractivity contribution >= 4 is 11.3 Å². The molecule has 1 aromatic rings. The van der Waals surface area contributed by atoms with E-state index in [1.807, 2.05) is 0 Å². The van der Waals surface area contributed by atoms with Crippen molar-refractivity contribution in [1.82, 2.24) is 15.2 Å². The van der Waals surface area contributed by atoms with Crippen LogP contribution in [0.5, 0.6) is 0 Å². The fourth-order valence-corrected chi connectivity index (χ4v) is 2.69. The lowest BCUT2D eigenvalue weighted by Gasteiger charge is -2.23. The number of likely N-dealkylation sites (N-methyl/N-ethyl adjacent to an activating group) is 1. The summed E-state index contributed by atoms with van der Waals surface area (Å²) in [5.41, 5.74) is 1.17. The van der Waals surface area contributed by atoms with E-state index in [0.717, 1.165) is 18.1 Å². The first kappa shape index (κ1) is 13.6. The number of hydrogen-bond acceptors (Lipinski definition) is 4. The van der Waals surface area contributed by atoms with E-state index < -0.39 is 0 Å². The summed E-state index contributed by atoms with van der Waals surface area (Å²) in [5, 5.41) is 4.68. The third-order valence-corrected chi connectivity index (χ3v) is 3.94. The molecule has 92 valence electrons. The standard InChI is InChI=1S/C12H23N3S/c1-6-11(15(4)5)7-13-8-12-9(2)14-10(3)16-12/h11,13H,6-8H2,1-5H3. The zero-order valence-electron chi connectivity index (χ0n) is 11.0. The van der Waals surface area contributed by atoms with Gasteiger partial charge in [0.05, 0.1) is 10.7 Å². The summed E-state index contributed by atoms with van der Waals surface area (Å²) in [4.78, 5) is 8.07. The Morgan fingerprint density at radius 1 is 1.38 bits per heavy atom. The number of nitrogens with one attached hydrogen (secondary N) is 1. The van der Waals surface area contributed by atoms with Gasteiger partial charge in [-0.1, -0.05) is 6.92 Å². The second kappa shape index (κ2) is 6.33. The van der Waals surface area contributed by atoms with E-state index in [9.17, 15) is 0 Å². The van der Waals surface area contributed by atoms with Crippen molar-refractivity contribution in [2.75, 3.05) is 20.6 Å². The molecule has 0 saturated heterocycles. The highest BCUT2D eigenvalue weighted by Gasteiger charge is 2.09. The molecule has 1 atom stereocenters. The predicted molar refractivity (Wildman–Crippen MR) is 71.1 cm³/mol. The number of hydrogen-bond donors (Lipinski definition) is 1. The second-order valence-electron chi connectivity index (χ2n) is 4.40. The van der Waals surface area contributed by atoms with E-state index >= 15 is 0 Å². The quantitative estimate of drug-likeness (QED) is 0.827. The number of thiazole rings is 1. The van der Waals surface area contributed by atoms with Crippen LogP contribution >= 0.6 is 11.3 Å². The van der Waals surface area contributed by atoms with Gasteiger partial charge >= 0.3 is 0 Å². The predicted octanol–water partition coefficient (Wildman–Crippen LogP) is 2.19. The second-order valence-corrected chi connectivity index (χ2v) is 5.69. The van der Waals surface area contributed by atoms with Gasteiger partial charge < -0.3 is 10.2 Å². The molecule has 1 unspecified atom stereocenters. The molecule has 0 bridgehead atoms. The Hall–Kier alpha value is -0.450. The Labute approximate surface area is 103 Å². The van der Waals surface area contributed by atoms with Gasteiger partial charge in [0.15, 0.2) is 0 Å². The fourth-order valence-electron chi connectivity index (χ4n) is 1.78. The molecule has 0 aliphatic carbocycles. The third kappa shape index (κ3) is 3.85. The van der Waals surface area contributed by atoms with E-state index in [1.54, 1.807) is 11.3 Å². The molecule has 0 radical (unpaired) electrons. The minimum absolute atomic E-state index is 0.620. The minimum Gasteiger partial charge on any atom is -0.310 e. The van der Waals surface area contributed by atoms with Gasteiger partial charge in [0.25, 0.3) is 0 Å². The zero-order valence-corrected chi connectivity index (χ0v) is 11.8. The van der Waals surface area contributed by atoms with E-state index in [2.05, 4.69) is 50.1 Å². The maximum absolute atomic E-state index is 4.43. The summed E-state index contributed by atoms with van der Waals surface area (Å²) in [6.45, 7) is 8.37. The van der Waals surface area contributed by atoms with Crippen LogP contribution in [0.15, 0.2) is 0 Å². The molecule has 16 heavy (non-hydrogen) atoms. The highest BCUT2D eigenvalue weighted by Crippen LogP contribution is 2.16. The van der Waals surface area contributed by atoms with E-state index in [1.165, 1.54) is 17.0 Å². The molecule has 1 aromatic heterocycles. The lowest BCUT2D eigenvalue weighted by atomic mass is 10.2. The molecule has 1 rings (SSSR count). The van der Waals surface area contributed by atoms with Crippen molar-refractivity contribution in [3.63, 3.8) is 0 Å². The van der Waals surface area contributed by atoms with Crippen LogP contribution in [-0.4, -0.2) is 36.6 Å². The minimum atomic E-state index is 0.620. The van der Waals surface area contributed by atoms with Crippen LogP contribution in [0.2, 0.25) is 0 Å². The number of rotatable bonds is 6. The largest absolute Gasteiger partial charge is 0.310 e. The average molecular weight is 241 g/mol. The molecule has 0 aliphatic rings. The summed E-state index contributed by atoms with van der Waals surface area (Å²) in [5.74, 6) is 0. The van der Waals surface area contributed by atoms with Crippen LogP contribution in [0.4, 0.5) is 0 Å². The highest BCUT2D eigenvalue weighted by atomic mass is 32.1. The Bertz CT molecular complexity index is 320. The Balaban J connectivity index is 2.38. The summed E-state index contributed by atoms with van der Waals surface area (Å²) < 4.78 is 0. The smallest absolute Gasteiger partial charge is 0.0900 e. The molecule has 1 heterocycles. The number of aromatic nitrogens is 1. The molecular weight excluding hydrogens is 218 g/mol. The molecular formula is C12H23N3S. The Morgan fingerprint density at radius 3 is 2.50 bits per heavy atom. The first-order valence-electron chi connectivity index (χ1n) is 5.84.